The molecule has 96 valence electrons. The Kier molecular flexibility index (Phi) is 4.47. The molecule has 0 N–H and O–H groups in total. The molecule has 2 rings (SSSR count). The molecule has 2 nitrogen and oxygen atoms in total. The summed E-state index contributed by atoms with van der Waals surface area (Å²) in [5.41, 5.74) is 3.91. The first kappa shape index (κ1) is 13.9. The van der Waals surface area contributed by atoms with E-state index in [1.807, 2.05) is 49.5 Å². The molecule has 2 aromatic carbocycles. The highest BCUT2D eigenvalue weighted by Crippen LogP contribution is 2.30. The van der Waals surface area contributed by atoms with Gasteiger partial charge in [0.1, 0.15) is 0 Å². The maximum absolute atomic E-state index is 8.81. The number of halogens is 2. The van der Waals surface area contributed by atoms with E-state index in [4.69, 9.17) is 16.9 Å². The zero-order valence-electron chi connectivity index (χ0n) is 10.4. The van der Waals surface area contributed by atoms with Crippen LogP contribution in [0.1, 0.15) is 11.1 Å². The van der Waals surface area contributed by atoms with Crippen molar-refractivity contribution >= 4 is 38.9 Å². The Morgan fingerprint density at radius 3 is 2.47 bits per heavy atom. The summed E-state index contributed by atoms with van der Waals surface area (Å²) in [7, 11) is 2.00. The van der Waals surface area contributed by atoms with Gasteiger partial charge in [-0.1, -0.05) is 27.5 Å². The highest BCUT2D eigenvalue weighted by atomic mass is 79.9. The van der Waals surface area contributed by atoms with Crippen molar-refractivity contribution in [3.63, 3.8) is 0 Å². The van der Waals surface area contributed by atoms with E-state index in [0.717, 1.165) is 27.3 Å². The van der Waals surface area contributed by atoms with Gasteiger partial charge in [0, 0.05) is 28.8 Å². The number of nitrogens with zero attached hydrogens (tertiary/aromatic N) is 2. The highest BCUT2D eigenvalue weighted by Gasteiger charge is 2.09. The van der Waals surface area contributed by atoms with Crippen molar-refractivity contribution in [3.8, 4) is 6.07 Å². The Bertz CT molecular complexity index is 617. The van der Waals surface area contributed by atoms with Gasteiger partial charge in [-0.25, -0.2) is 0 Å². The second kappa shape index (κ2) is 6.10. The molecule has 0 bridgehead atoms. The van der Waals surface area contributed by atoms with Crippen molar-refractivity contribution in [2.45, 2.75) is 5.33 Å². The maximum atomic E-state index is 8.81. The molecule has 0 saturated carbocycles. The molecule has 0 saturated heterocycles. The predicted octanol–water partition coefficient (Wildman–Crippen LogP) is 4.87. The molecular formula is C15H12BrClN2. The van der Waals surface area contributed by atoms with E-state index in [1.165, 1.54) is 0 Å². The molecular weight excluding hydrogens is 324 g/mol. The molecule has 2 aromatic rings. The van der Waals surface area contributed by atoms with Crippen LogP contribution in [-0.4, -0.2) is 7.05 Å². The Morgan fingerprint density at radius 2 is 1.89 bits per heavy atom. The number of benzene rings is 2. The summed E-state index contributed by atoms with van der Waals surface area (Å²) in [4.78, 5) is 2.08. The van der Waals surface area contributed by atoms with Crippen LogP contribution in [0.25, 0.3) is 0 Å². The summed E-state index contributed by atoms with van der Waals surface area (Å²) >= 11 is 9.49. The number of rotatable bonds is 3. The molecule has 0 aliphatic rings. The van der Waals surface area contributed by atoms with Gasteiger partial charge in [-0.2, -0.15) is 5.26 Å². The molecule has 0 aromatic heterocycles. The third-order valence-corrected chi connectivity index (χ3v) is 3.77. The van der Waals surface area contributed by atoms with E-state index < -0.39 is 0 Å². The molecule has 0 amide bonds. The summed E-state index contributed by atoms with van der Waals surface area (Å²) in [6.07, 6.45) is 0. The number of hydrogen-bond donors (Lipinski definition) is 0. The molecule has 0 spiro atoms. The molecule has 0 aliphatic heterocycles. The largest absolute Gasteiger partial charge is 0.344 e. The molecule has 0 atom stereocenters. The number of anilines is 2. The lowest BCUT2D eigenvalue weighted by atomic mass is 10.1. The second-order valence-electron chi connectivity index (χ2n) is 4.12. The van der Waals surface area contributed by atoms with Gasteiger partial charge in [0.15, 0.2) is 0 Å². The zero-order chi connectivity index (χ0) is 13.8. The van der Waals surface area contributed by atoms with E-state index in [0.29, 0.717) is 5.56 Å². The van der Waals surface area contributed by atoms with Crippen LogP contribution in [0.4, 0.5) is 11.4 Å². The summed E-state index contributed by atoms with van der Waals surface area (Å²) in [6.45, 7) is 0. The summed E-state index contributed by atoms with van der Waals surface area (Å²) in [5, 5.41) is 10.3. The fourth-order valence-corrected chi connectivity index (χ4v) is 2.53. The maximum Gasteiger partial charge on any atom is 0.0991 e. The van der Waals surface area contributed by atoms with Crippen molar-refractivity contribution in [2.75, 3.05) is 11.9 Å². The first-order valence-corrected chi connectivity index (χ1v) is 7.24. The smallest absolute Gasteiger partial charge is 0.0991 e. The van der Waals surface area contributed by atoms with Gasteiger partial charge in [-0.05, 0) is 48.0 Å². The first-order chi connectivity index (χ1) is 9.15. The van der Waals surface area contributed by atoms with Crippen molar-refractivity contribution in [2.24, 2.45) is 0 Å². The number of hydrogen-bond acceptors (Lipinski definition) is 2. The third kappa shape index (κ3) is 3.09. The van der Waals surface area contributed by atoms with E-state index in [2.05, 4.69) is 26.9 Å². The van der Waals surface area contributed by atoms with Gasteiger partial charge in [0.2, 0.25) is 0 Å². The quantitative estimate of drug-likeness (QED) is 0.748. The molecule has 0 radical (unpaired) electrons. The van der Waals surface area contributed by atoms with Crippen LogP contribution in [0.5, 0.6) is 0 Å². The Labute approximate surface area is 126 Å². The van der Waals surface area contributed by atoms with Crippen molar-refractivity contribution in [1.29, 1.82) is 5.26 Å². The second-order valence-corrected chi connectivity index (χ2v) is 5.12. The molecule has 0 heterocycles. The SMILES string of the molecule is CN(c1ccc(C#N)cc1)c1ccc(Cl)cc1CBr. The van der Waals surface area contributed by atoms with E-state index in [1.54, 1.807) is 0 Å². The van der Waals surface area contributed by atoms with Gasteiger partial charge in [-0.15, -0.1) is 0 Å². The Morgan fingerprint density at radius 1 is 1.21 bits per heavy atom. The lowest BCUT2D eigenvalue weighted by molar-refractivity contribution is 1.18. The Balaban J connectivity index is 2.38. The molecule has 0 fully saturated rings. The van der Waals surface area contributed by atoms with E-state index in [-0.39, 0.29) is 0 Å². The van der Waals surface area contributed by atoms with Gasteiger partial charge < -0.3 is 4.90 Å². The third-order valence-electron chi connectivity index (χ3n) is 2.93. The van der Waals surface area contributed by atoms with Gasteiger partial charge in [-0.3, -0.25) is 0 Å². The lowest BCUT2D eigenvalue weighted by Gasteiger charge is -2.22. The fraction of sp³-hybridized carbons (Fsp3) is 0.133. The predicted molar refractivity (Wildman–Crippen MR) is 83.3 cm³/mol. The number of alkyl halides is 1. The topological polar surface area (TPSA) is 27.0 Å². The first-order valence-electron chi connectivity index (χ1n) is 5.74. The van der Waals surface area contributed by atoms with Crippen LogP contribution < -0.4 is 4.90 Å². The average molecular weight is 336 g/mol. The van der Waals surface area contributed by atoms with Crippen LogP contribution in [-0.2, 0) is 5.33 Å². The summed E-state index contributed by atoms with van der Waals surface area (Å²) in [5.74, 6) is 0. The normalized spacial score (nSPS) is 10.0. The zero-order valence-corrected chi connectivity index (χ0v) is 12.7. The molecule has 4 heteroatoms. The van der Waals surface area contributed by atoms with Crippen molar-refractivity contribution in [1.82, 2.24) is 0 Å². The van der Waals surface area contributed by atoms with Gasteiger partial charge >= 0.3 is 0 Å². The summed E-state index contributed by atoms with van der Waals surface area (Å²) < 4.78 is 0. The minimum atomic E-state index is 0.661. The van der Waals surface area contributed by atoms with Crippen LogP contribution >= 0.6 is 27.5 Å². The molecule has 0 aliphatic carbocycles. The fourth-order valence-electron chi connectivity index (χ4n) is 1.89. The minimum absolute atomic E-state index is 0.661. The van der Waals surface area contributed by atoms with Crippen molar-refractivity contribution < 1.29 is 0 Å². The van der Waals surface area contributed by atoms with Crippen LogP contribution in [0.2, 0.25) is 5.02 Å². The van der Waals surface area contributed by atoms with Gasteiger partial charge in [0.25, 0.3) is 0 Å². The van der Waals surface area contributed by atoms with Gasteiger partial charge in [0.05, 0.1) is 11.6 Å². The number of nitriles is 1. The molecule has 0 unspecified atom stereocenters. The van der Waals surface area contributed by atoms with E-state index >= 15 is 0 Å². The monoisotopic (exact) mass is 334 g/mol. The van der Waals surface area contributed by atoms with Crippen molar-refractivity contribution in [3.05, 3.63) is 58.6 Å². The summed E-state index contributed by atoms with van der Waals surface area (Å²) in [6, 6.07) is 15.4. The highest BCUT2D eigenvalue weighted by molar-refractivity contribution is 9.08. The van der Waals surface area contributed by atoms with Crippen LogP contribution in [0.15, 0.2) is 42.5 Å². The standard InChI is InChI=1S/C15H12BrClN2/c1-19(14-5-2-11(10-18)3-6-14)15-7-4-13(17)8-12(15)9-16/h2-8H,9H2,1H3. The van der Waals surface area contributed by atoms with Crippen LogP contribution in [0.3, 0.4) is 0 Å². The van der Waals surface area contributed by atoms with Crippen LogP contribution in [0, 0.1) is 11.3 Å². The average Bonchev–Trinajstić information content (AvgIpc) is 2.46. The Hall–Kier alpha value is -1.50. The van der Waals surface area contributed by atoms with E-state index in [9.17, 15) is 0 Å². The lowest BCUT2D eigenvalue weighted by Crippen LogP contribution is -2.11. The minimum Gasteiger partial charge on any atom is -0.344 e. The molecule has 19 heavy (non-hydrogen) atoms.